The highest BCUT2D eigenvalue weighted by Gasteiger charge is 2.29. The molecule has 0 bridgehead atoms. The van der Waals surface area contributed by atoms with E-state index in [9.17, 15) is 20.1 Å². The van der Waals surface area contributed by atoms with E-state index in [1.165, 1.54) is 96.3 Å². The number of unbranched alkanes of at least 4 members (excludes halogenated alkanes) is 18. The Kier molecular flexibility index (Phi) is 22.0. The van der Waals surface area contributed by atoms with Crippen molar-refractivity contribution in [1.29, 1.82) is 0 Å². The van der Waals surface area contributed by atoms with Gasteiger partial charge in [0.2, 0.25) is 0 Å². The van der Waals surface area contributed by atoms with Gasteiger partial charge in [-0.2, -0.15) is 0 Å². The summed E-state index contributed by atoms with van der Waals surface area (Å²) in [5.74, 6) is -1.51. The molecule has 3 atom stereocenters. The molecule has 0 aliphatic carbocycles. The van der Waals surface area contributed by atoms with Crippen molar-refractivity contribution in [3.8, 4) is 0 Å². The van der Waals surface area contributed by atoms with E-state index in [2.05, 4.69) is 0 Å². The average Bonchev–Trinajstić information content (AvgIpc) is 2.76. The molecule has 6 heteroatoms. The van der Waals surface area contributed by atoms with Crippen LogP contribution in [-0.2, 0) is 4.79 Å². The zero-order valence-corrected chi connectivity index (χ0v) is 19.7. The highest BCUT2D eigenvalue weighted by atomic mass is 16.4. The summed E-state index contributed by atoms with van der Waals surface area (Å²) in [4.78, 5) is 10.6. The van der Waals surface area contributed by atoms with Gasteiger partial charge in [-0.25, -0.2) is 4.79 Å². The summed E-state index contributed by atoms with van der Waals surface area (Å²) >= 11 is 0. The van der Waals surface area contributed by atoms with Crippen molar-refractivity contribution in [3.05, 3.63) is 0 Å². The van der Waals surface area contributed by atoms with Gasteiger partial charge in [0.15, 0.2) is 6.10 Å². The Morgan fingerprint density at radius 1 is 0.516 bits per heavy atom. The third kappa shape index (κ3) is 19.7. The van der Waals surface area contributed by atoms with Crippen molar-refractivity contribution in [2.75, 3.05) is 6.61 Å². The Morgan fingerprint density at radius 3 is 1.10 bits per heavy atom. The van der Waals surface area contributed by atoms with E-state index in [4.69, 9.17) is 10.2 Å². The van der Waals surface area contributed by atoms with Gasteiger partial charge in [-0.15, -0.1) is 0 Å². The van der Waals surface area contributed by atoms with Gasteiger partial charge in [0, 0.05) is 6.61 Å². The van der Waals surface area contributed by atoms with Gasteiger partial charge in [0.25, 0.3) is 0 Å². The summed E-state index contributed by atoms with van der Waals surface area (Å²) in [5, 5.41) is 45.8. The van der Waals surface area contributed by atoms with E-state index in [-0.39, 0.29) is 0 Å². The predicted octanol–water partition coefficient (Wildman–Crippen LogP) is 4.95. The molecule has 0 spiro atoms. The Labute approximate surface area is 190 Å². The summed E-state index contributed by atoms with van der Waals surface area (Å²) in [6.07, 6.45) is 19.0. The fourth-order valence-electron chi connectivity index (χ4n) is 4.00. The summed E-state index contributed by atoms with van der Waals surface area (Å²) in [5.41, 5.74) is 0. The van der Waals surface area contributed by atoms with Gasteiger partial charge >= 0.3 is 5.97 Å². The van der Waals surface area contributed by atoms with E-state index in [0.29, 0.717) is 13.0 Å². The first-order valence-electron chi connectivity index (χ1n) is 12.9. The second-order valence-electron chi connectivity index (χ2n) is 9.07. The molecule has 186 valence electrons. The number of aliphatic hydroxyl groups excluding tert-OH is 4. The van der Waals surface area contributed by atoms with Gasteiger partial charge in [-0.1, -0.05) is 116 Å². The number of carboxylic acid groups (broad SMARTS) is 1. The van der Waals surface area contributed by atoms with Gasteiger partial charge in [0.05, 0.1) is 6.10 Å². The van der Waals surface area contributed by atoms with Gasteiger partial charge in [-0.3, -0.25) is 0 Å². The number of rotatable bonds is 24. The first-order valence-corrected chi connectivity index (χ1v) is 12.9. The molecular formula is C25H50O6. The summed E-state index contributed by atoms with van der Waals surface area (Å²) in [6.45, 7) is 0.337. The van der Waals surface area contributed by atoms with Crippen LogP contribution >= 0.6 is 0 Å². The van der Waals surface area contributed by atoms with Crippen LogP contribution in [0.15, 0.2) is 0 Å². The lowest BCUT2D eigenvalue weighted by Gasteiger charge is -2.20. The van der Waals surface area contributed by atoms with Crippen LogP contribution in [0.5, 0.6) is 0 Å². The molecule has 31 heavy (non-hydrogen) atoms. The molecule has 3 unspecified atom stereocenters. The normalized spacial score (nSPS) is 14.5. The SMILES string of the molecule is O=C(O)C(O)C(O)C(O)CCCCCCCCCCCCCCCCCCCCCO. The number of aliphatic carboxylic acids is 1. The molecule has 5 N–H and O–H groups in total. The monoisotopic (exact) mass is 446 g/mol. The maximum Gasteiger partial charge on any atom is 0.335 e. The van der Waals surface area contributed by atoms with E-state index in [1.54, 1.807) is 0 Å². The van der Waals surface area contributed by atoms with Crippen molar-refractivity contribution in [2.45, 2.75) is 147 Å². The molecule has 0 rings (SSSR count). The molecule has 0 aliphatic rings. The number of carbonyl (C=O) groups is 1. The topological polar surface area (TPSA) is 118 Å². The van der Waals surface area contributed by atoms with Crippen molar-refractivity contribution in [1.82, 2.24) is 0 Å². The fraction of sp³-hybridized carbons (Fsp3) is 0.960. The number of carboxylic acids is 1. The second-order valence-corrected chi connectivity index (χ2v) is 9.07. The Bertz CT molecular complexity index is 390. The molecule has 0 saturated heterocycles. The third-order valence-corrected chi connectivity index (χ3v) is 6.13. The van der Waals surface area contributed by atoms with Crippen LogP contribution in [0.1, 0.15) is 128 Å². The van der Waals surface area contributed by atoms with E-state index in [0.717, 1.165) is 25.7 Å². The van der Waals surface area contributed by atoms with Crippen molar-refractivity contribution >= 4 is 5.97 Å². The smallest absolute Gasteiger partial charge is 0.335 e. The van der Waals surface area contributed by atoms with Gasteiger partial charge < -0.3 is 25.5 Å². The maximum absolute atomic E-state index is 10.6. The molecule has 0 aromatic carbocycles. The molecule has 6 nitrogen and oxygen atoms in total. The molecule has 0 radical (unpaired) electrons. The molecule has 0 fully saturated rings. The lowest BCUT2D eigenvalue weighted by Crippen LogP contribution is -2.42. The zero-order valence-electron chi connectivity index (χ0n) is 19.7. The van der Waals surface area contributed by atoms with Crippen LogP contribution < -0.4 is 0 Å². The van der Waals surface area contributed by atoms with Gasteiger partial charge in [-0.05, 0) is 12.8 Å². The van der Waals surface area contributed by atoms with E-state index >= 15 is 0 Å². The van der Waals surface area contributed by atoms with Crippen molar-refractivity contribution in [2.24, 2.45) is 0 Å². The Hall–Kier alpha value is -0.690. The van der Waals surface area contributed by atoms with Gasteiger partial charge in [0.1, 0.15) is 6.10 Å². The minimum Gasteiger partial charge on any atom is -0.479 e. The lowest BCUT2D eigenvalue weighted by molar-refractivity contribution is -0.158. The molecule has 0 aromatic heterocycles. The van der Waals surface area contributed by atoms with Crippen molar-refractivity contribution in [3.63, 3.8) is 0 Å². The van der Waals surface area contributed by atoms with Crippen LogP contribution in [0.3, 0.4) is 0 Å². The highest BCUT2D eigenvalue weighted by Crippen LogP contribution is 2.15. The summed E-state index contributed by atoms with van der Waals surface area (Å²) < 4.78 is 0. The molecular weight excluding hydrogens is 396 g/mol. The van der Waals surface area contributed by atoms with E-state index < -0.39 is 24.3 Å². The fourth-order valence-corrected chi connectivity index (χ4v) is 4.00. The highest BCUT2D eigenvalue weighted by molar-refractivity contribution is 5.72. The maximum atomic E-state index is 10.6. The first-order chi connectivity index (χ1) is 15.0. The molecule has 0 saturated carbocycles. The zero-order chi connectivity index (χ0) is 23.2. The van der Waals surface area contributed by atoms with E-state index in [1.807, 2.05) is 0 Å². The van der Waals surface area contributed by atoms with Crippen LogP contribution in [-0.4, -0.2) is 56.4 Å². The third-order valence-electron chi connectivity index (χ3n) is 6.13. The average molecular weight is 447 g/mol. The minimum atomic E-state index is -1.92. The number of aliphatic hydroxyl groups is 4. The predicted molar refractivity (Wildman–Crippen MR) is 125 cm³/mol. The molecule has 0 aromatic rings. The van der Waals surface area contributed by atoms with Crippen LogP contribution in [0, 0.1) is 0 Å². The molecule has 0 aliphatic heterocycles. The Balaban J connectivity index is 3.23. The standard InChI is InChI=1S/C25H50O6/c26-21-19-17-15-13-11-9-7-5-3-1-2-4-6-8-10-12-14-16-18-20-22(27)23(28)24(29)25(30)31/h22-24,26-29H,1-21H2,(H,30,31). The summed E-state index contributed by atoms with van der Waals surface area (Å²) in [6, 6.07) is 0. The molecule has 0 heterocycles. The molecule has 0 amide bonds. The number of hydrogen-bond donors (Lipinski definition) is 5. The van der Waals surface area contributed by atoms with Crippen molar-refractivity contribution < 1.29 is 30.3 Å². The van der Waals surface area contributed by atoms with Crippen LogP contribution in [0.2, 0.25) is 0 Å². The lowest BCUT2D eigenvalue weighted by atomic mass is 10.0. The number of hydrogen-bond acceptors (Lipinski definition) is 5. The Morgan fingerprint density at radius 2 is 0.806 bits per heavy atom. The second kappa shape index (κ2) is 22.5. The minimum absolute atomic E-state index is 0.316. The summed E-state index contributed by atoms with van der Waals surface area (Å²) in [7, 11) is 0. The van der Waals surface area contributed by atoms with Crippen LogP contribution in [0.4, 0.5) is 0 Å². The van der Waals surface area contributed by atoms with Crippen LogP contribution in [0.25, 0.3) is 0 Å². The largest absolute Gasteiger partial charge is 0.479 e. The first kappa shape index (κ1) is 30.3. The quantitative estimate of drug-likeness (QED) is 0.134.